The first-order valence-electron chi connectivity index (χ1n) is 5.53. The van der Waals surface area contributed by atoms with Crippen molar-refractivity contribution in [3.8, 4) is 0 Å². The number of nitrogens with one attached hydrogen (secondary N) is 1. The summed E-state index contributed by atoms with van der Waals surface area (Å²) in [7, 11) is 0. The van der Waals surface area contributed by atoms with Crippen LogP contribution < -0.4 is 11.2 Å². The molecular weight excluding hydrogens is 254 g/mol. The average Bonchev–Trinajstić information content (AvgIpc) is 2.48. The molecule has 1 rings (SSSR count). The zero-order chi connectivity index (χ0) is 14.6. The molecule has 104 valence electrons. The molecule has 0 aromatic carbocycles. The maximum atomic E-state index is 11.7. The molecule has 0 aliphatic carbocycles. The zero-order valence-corrected chi connectivity index (χ0v) is 10.9. The SMILES string of the molecule is CCOC(=O)C1=C(/C=N/NC(N)=O)C(C)(C)OC1=O. The van der Waals surface area contributed by atoms with Gasteiger partial charge in [-0.1, -0.05) is 0 Å². The Morgan fingerprint density at radius 2 is 2.16 bits per heavy atom. The number of amides is 2. The Balaban J connectivity index is 3.12. The number of carbonyl (C=O) groups is 3. The molecule has 0 bridgehead atoms. The second-order valence-electron chi connectivity index (χ2n) is 4.14. The van der Waals surface area contributed by atoms with E-state index in [0.29, 0.717) is 0 Å². The lowest BCUT2D eigenvalue weighted by molar-refractivity contribution is -0.148. The highest BCUT2D eigenvalue weighted by Gasteiger charge is 2.43. The number of cyclic esters (lactones) is 1. The molecule has 0 spiro atoms. The number of esters is 2. The van der Waals surface area contributed by atoms with Gasteiger partial charge in [0.15, 0.2) is 5.57 Å². The van der Waals surface area contributed by atoms with Crippen molar-refractivity contribution in [3.05, 3.63) is 11.1 Å². The third-order valence-corrected chi connectivity index (χ3v) is 2.32. The molecule has 2 amide bonds. The van der Waals surface area contributed by atoms with Crippen LogP contribution in [0.15, 0.2) is 16.2 Å². The second kappa shape index (κ2) is 5.51. The van der Waals surface area contributed by atoms with Gasteiger partial charge in [0, 0.05) is 5.57 Å². The predicted octanol–water partition coefficient (Wildman–Crippen LogP) is -0.164. The summed E-state index contributed by atoms with van der Waals surface area (Å²) in [6.07, 6.45) is 1.14. The number of carbonyl (C=O) groups excluding carboxylic acids is 3. The molecular formula is C11H15N3O5. The van der Waals surface area contributed by atoms with E-state index in [1.54, 1.807) is 20.8 Å². The highest BCUT2D eigenvalue weighted by atomic mass is 16.6. The Hall–Kier alpha value is -2.38. The third-order valence-electron chi connectivity index (χ3n) is 2.32. The van der Waals surface area contributed by atoms with E-state index in [1.165, 1.54) is 0 Å². The summed E-state index contributed by atoms with van der Waals surface area (Å²) < 4.78 is 9.83. The number of hydrogen-bond donors (Lipinski definition) is 2. The van der Waals surface area contributed by atoms with Crippen molar-refractivity contribution in [1.82, 2.24) is 5.43 Å². The summed E-state index contributed by atoms with van der Waals surface area (Å²) >= 11 is 0. The van der Waals surface area contributed by atoms with Crippen molar-refractivity contribution in [2.24, 2.45) is 10.8 Å². The fraction of sp³-hybridized carbons (Fsp3) is 0.455. The van der Waals surface area contributed by atoms with Gasteiger partial charge >= 0.3 is 18.0 Å². The van der Waals surface area contributed by atoms with E-state index in [1.807, 2.05) is 5.43 Å². The molecule has 19 heavy (non-hydrogen) atoms. The van der Waals surface area contributed by atoms with Crippen LogP contribution in [-0.4, -0.2) is 36.4 Å². The first-order valence-corrected chi connectivity index (χ1v) is 5.53. The normalized spacial score (nSPS) is 17.5. The Morgan fingerprint density at radius 1 is 1.53 bits per heavy atom. The van der Waals surface area contributed by atoms with Crippen molar-refractivity contribution in [2.75, 3.05) is 6.61 Å². The Morgan fingerprint density at radius 3 is 2.68 bits per heavy atom. The van der Waals surface area contributed by atoms with Gasteiger partial charge in [-0.2, -0.15) is 5.10 Å². The fourth-order valence-corrected chi connectivity index (χ4v) is 1.53. The van der Waals surface area contributed by atoms with Gasteiger partial charge in [0.05, 0.1) is 12.8 Å². The summed E-state index contributed by atoms with van der Waals surface area (Å²) in [5, 5.41) is 3.53. The smallest absolute Gasteiger partial charge is 0.346 e. The van der Waals surface area contributed by atoms with Gasteiger partial charge in [0.2, 0.25) is 0 Å². The molecule has 1 heterocycles. The number of primary amides is 1. The minimum atomic E-state index is -1.04. The van der Waals surface area contributed by atoms with Crippen molar-refractivity contribution in [3.63, 3.8) is 0 Å². The van der Waals surface area contributed by atoms with E-state index < -0.39 is 23.6 Å². The molecule has 0 aromatic rings. The van der Waals surface area contributed by atoms with Gasteiger partial charge in [-0.3, -0.25) is 0 Å². The lowest BCUT2D eigenvalue weighted by atomic mass is 9.97. The molecule has 0 unspecified atom stereocenters. The minimum absolute atomic E-state index is 0.125. The zero-order valence-electron chi connectivity index (χ0n) is 10.9. The monoisotopic (exact) mass is 269 g/mol. The highest BCUT2D eigenvalue weighted by Crippen LogP contribution is 2.31. The number of ether oxygens (including phenoxy) is 2. The van der Waals surface area contributed by atoms with Crippen molar-refractivity contribution in [2.45, 2.75) is 26.4 Å². The number of nitrogens with two attached hydrogens (primary N) is 1. The molecule has 0 saturated carbocycles. The van der Waals surface area contributed by atoms with Crippen molar-refractivity contribution < 1.29 is 23.9 Å². The van der Waals surface area contributed by atoms with E-state index in [4.69, 9.17) is 15.2 Å². The second-order valence-corrected chi connectivity index (χ2v) is 4.14. The average molecular weight is 269 g/mol. The summed E-state index contributed by atoms with van der Waals surface area (Å²) in [6.45, 7) is 4.91. The highest BCUT2D eigenvalue weighted by molar-refractivity contribution is 6.20. The lowest BCUT2D eigenvalue weighted by Crippen LogP contribution is -2.27. The van der Waals surface area contributed by atoms with Crippen LogP contribution >= 0.6 is 0 Å². The summed E-state index contributed by atoms with van der Waals surface area (Å²) in [5.41, 5.74) is 5.75. The lowest BCUT2D eigenvalue weighted by Gasteiger charge is -2.18. The molecule has 3 N–H and O–H groups in total. The maximum Gasteiger partial charge on any atom is 0.346 e. The Kier molecular flexibility index (Phi) is 4.26. The number of urea groups is 1. The van der Waals surface area contributed by atoms with E-state index in [9.17, 15) is 14.4 Å². The fourth-order valence-electron chi connectivity index (χ4n) is 1.53. The third kappa shape index (κ3) is 3.30. The van der Waals surface area contributed by atoms with Gasteiger partial charge in [-0.15, -0.1) is 0 Å². The van der Waals surface area contributed by atoms with Gasteiger partial charge in [0.25, 0.3) is 0 Å². The van der Waals surface area contributed by atoms with E-state index in [0.717, 1.165) is 6.21 Å². The Labute approximate surface area is 109 Å². The van der Waals surface area contributed by atoms with Crippen LogP contribution in [0.4, 0.5) is 4.79 Å². The largest absolute Gasteiger partial charge is 0.462 e. The quantitative estimate of drug-likeness (QED) is 0.318. The van der Waals surface area contributed by atoms with Gasteiger partial charge < -0.3 is 15.2 Å². The molecule has 0 saturated heterocycles. The molecule has 0 aromatic heterocycles. The first kappa shape index (κ1) is 14.7. The number of rotatable bonds is 4. The van der Waals surface area contributed by atoms with Gasteiger partial charge in [-0.25, -0.2) is 19.8 Å². The van der Waals surface area contributed by atoms with Gasteiger partial charge in [0.1, 0.15) is 5.60 Å². The van der Waals surface area contributed by atoms with Crippen molar-refractivity contribution in [1.29, 1.82) is 0 Å². The molecule has 0 atom stereocenters. The van der Waals surface area contributed by atoms with Crippen LogP contribution in [0.5, 0.6) is 0 Å². The van der Waals surface area contributed by atoms with Crippen LogP contribution in [0.3, 0.4) is 0 Å². The van der Waals surface area contributed by atoms with E-state index in [-0.39, 0.29) is 17.8 Å². The predicted molar refractivity (Wildman–Crippen MR) is 65.0 cm³/mol. The molecule has 1 aliphatic heterocycles. The van der Waals surface area contributed by atoms with Gasteiger partial charge in [-0.05, 0) is 20.8 Å². The summed E-state index contributed by atoms with van der Waals surface area (Å²) in [4.78, 5) is 33.9. The summed E-state index contributed by atoms with van der Waals surface area (Å²) in [5.74, 6) is -1.58. The molecule has 0 radical (unpaired) electrons. The maximum absolute atomic E-state index is 11.7. The first-order chi connectivity index (χ1) is 8.79. The van der Waals surface area contributed by atoms with E-state index >= 15 is 0 Å². The van der Waals surface area contributed by atoms with Crippen LogP contribution in [-0.2, 0) is 19.1 Å². The molecule has 8 nitrogen and oxygen atoms in total. The van der Waals surface area contributed by atoms with Crippen LogP contribution in [0, 0.1) is 0 Å². The topological polar surface area (TPSA) is 120 Å². The minimum Gasteiger partial charge on any atom is -0.462 e. The number of hydrazone groups is 1. The number of nitrogens with zero attached hydrogens (tertiary/aromatic N) is 1. The standard InChI is InChI=1S/C11H15N3O5/c1-4-18-8(15)7-6(5-13-14-10(12)17)11(2,3)19-9(7)16/h5H,4H2,1-3H3,(H3,12,14,17)/b13-5+. The molecule has 8 heteroatoms. The van der Waals surface area contributed by atoms with Crippen LogP contribution in [0.1, 0.15) is 20.8 Å². The van der Waals surface area contributed by atoms with E-state index in [2.05, 4.69) is 5.10 Å². The molecule has 0 fully saturated rings. The van der Waals surface area contributed by atoms with Crippen LogP contribution in [0.2, 0.25) is 0 Å². The molecule has 1 aliphatic rings. The summed E-state index contributed by atoms with van der Waals surface area (Å²) in [6, 6.07) is -0.863. The Bertz CT molecular complexity index is 479. The van der Waals surface area contributed by atoms with Crippen LogP contribution in [0.25, 0.3) is 0 Å². The van der Waals surface area contributed by atoms with Crippen molar-refractivity contribution >= 4 is 24.2 Å². The number of hydrogen-bond acceptors (Lipinski definition) is 6.